The predicted molar refractivity (Wildman–Crippen MR) is 65.5 cm³/mol. The van der Waals surface area contributed by atoms with E-state index in [0.717, 1.165) is 12.0 Å². The second-order valence-electron chi connectivity index (χ2n) is 3.78. The van der Waals surface area contributed by atoms with E-state index in [2.05, 4.69) is 0 Å². The first-order valence-corrected chi connectivity index (χ1v) is 7.00. The third-order valence-electron chi connectivity index (χ3n) is 2.73. The molecule has 0 spiro atoms. The van der Waals surface area contributed by atoms with Gasteiger partial charge in [0.25, 0.3) is 10.1 Å². The monoisotopic (exact) mass is 266 g/mol. The molecule has 0 aliphatic heterocycles. The van der Waals surface area contributed by atoms with Crippen LogP contribution in [-0.2, 0) is 29.4 Å². The van der Waals surface area contributed by atoms with Crippen molar-refractivity contribution in [2.45, 2.75) is 44.9 Å². The van der Waals surface area contributed by atoms with Crippen molar-refractivity contribution in [2.24, 2.45) is 0 Å². The van der Waals surface area contributed by atoms with Gasteiger partial charge in [0.15, 0.2) is 0 Å². The van der Waals surface area contributed by atoms with Gasteiger partial charge in [0.1, 0.15) is 4.90 Å². The second-order valence-corrected chi connectivity index (χ2v) is 5.14. The van der Waals surface area contributed by atoms with Crippen molar-refractivity contribution in [3.8, 4) is 0 Å². The molecule has 3 nitrogen and oxygen atoms in total. The van der Waals surface area contributed by atoms with Gasteiger partial charge in [-0.25, -0.2) is 0 Å². The van der Waals surface area contributed by atoms with Crippen molar-refractivity contribution in [1.29, 1.82) is 0 Å². The smallest absolute Gasteiger partial charge is 1.00 e. The van der Waals surface area contributed by atoms with E-state index in [0.29, 0.717) is 24.0 Å². The van der Waals surface area contributed by atoms with Crippen LogP contribution >= 0.6 is 0 Å². The quantitative estimate of drug-likeness (QED) is 0.603. The Labute approximate surface area is 127 Å². The average Bonchev–Trinajstić information content (AvgIpc) is 2.25. The molecule has 17 heavy (non-hydrogen) atoms. The molecule has 0 amide bonds. The van der Waals surface area contributed by atoms with Crippen LogP contribution in [0.2, 0.25) is 0 Å². The number of hydrogen-bond acceptors (Lipinski definition) is 2. The van der Waals surface area contributed by atoms with E-state index in [1.54, 1.807) is 0 Å². The number of benzene rings is 1. The van der Waals surface area contributed by atoms with E-state index in [9.17, 15) is 13.0 Å². The summed E-state index contributed by atoms with van der Waals surface area (Å²) in [5, 5.41) is 0. The molecular weight excluding hydrogens is 247 g/mol. The first kappa shape index (κ1) is 17.1. The Morgan fingerprint density at radius 2 is 1.47 bits per heavy atom. The summed E-state index contributed by atoms with van der Waals surface area (Å²) < 4.78 is 31.9. The van der Waals surface area contributed by atoms with Crippen molar-refractivity contribution in [1.82, 2.24) is 0 Å². The van der Waals surface area contributed by atoms with Gasteiger partial charge in [-0.05, 0) is 36.0 Å². The largest absolute Gasteiger partial charge is 1.00 e. The number of aryl methyl sites for hydroxylation is 3. The SMILES string of the molecule is CCc1cc(CC)c(S(=O)(=O)O)c(CC)c1.[H-].[Na+]. The van der Waals surface area contributed by atoms with Gasteiger partial charge in [-0.2, -0.15) is 8.42 Å². The molecule has 1 aromatic carbocycles. The molecule has 1 rings (SSSR count). The van der Waals surface area contributed by atoms with E-state index >= 15 is 0 Å². The minimum Gasteiger partial charge on any atom is -1.00 e. The molecule has 0 radical (unpaired) electrons. The van der Waals surface area contributed by atoms with Gasteiger partial charge in [-0.1, -0.05) is 32.9 Å². The molecule has 0 aliphatic carbocycles. The number of hydrogen-bond donors (Lipinski definition) is 1. The van der Waals surface area contributed by atoms with Crippen LogP contribution in [0.1, 0.15) is 38.9 Å². The van der Waals surface area contributed by atoms with Gasteiger partial charge in [0, 0.05) is 0 Å². The molecule has 0 bridgehead atoms. The summed E-state index contributed by atoms with van der Waals surface area (Å²) in [6, 6.07) is 3.73. The van der Waals surface area contributed by atoms with E-state index in [4.69, 9.17) is 0 Å². The van der Waals surface area contributed by atoms with Crippen LogP contribution in [0.4, 0.5) is 0 Å². The average molecular weight is 266 g/mol. The minimum atomic E-state index is -4.11. The zero-order chi connectivity index (χ0) is 12.3. The third-order valence-corrected chi connectivity index (χ3v) is 3.77. The van der Waals surface area contributed by atoms with Crippen LogP contribution in [-0.4, -0.2) is 13.0 Å². The second kappa shape index (κ2) is 6.90. The molecule has 0 aliphatic rings. The molecule has 0 heterocycles. The van der Waals surface area contributed by atoms with Gasteiger partial charge in [0.05, 0.1) is 0 Å². The standard InChI is InChI=1S/C12H18O3S.Na.H/c1-4-9-7-10(5-2)12(16(13,14)15)11(6-3)8-9;;/h7-8H,4-6H2,1-3H3,(H,13,14,15);;/q;+1;-1. The Morgan fingerprint density at radius 1 is 1.06 bits per heavy atom. The molecule has 0 saturated carbocycles. The summed E-state index contributed by atoms with van der Waals surface area (Å²) in [6.07, 6.45) is 2.08. The zero-order valence-electron chi connectivity index (χ0n) is 11.9. The van der Waals surface area contributed by atoms with Crippen LogP contribution in [0.5, 0.6) is 0 Å². The molecule has 0 aromatic heterocycles. The van der Waals surface area contributed by atoms with Crippen molar-refractivity contribution in [3.05, 3.63) is 28.8 Å². The maximum Gasteiger partial charge on any atom is 1.00 e. The van der Waals surface area contributed by atoms with Gasteiger partial charge < -0.3 is 1.43 Å². The van der Waals surface area contributed by atoms with Gasteiger partial charge >= 0.3 is 29.6 Å². The summed E-state index contributed by atoms with van der Waals surface area (Å²) in [4.78, 5) is 0.106. The van der Waals surface area contributed by atoms with Crippen LogP contribution in [0.15, 0.2) is 17.0 Å². The fourth-order valence-electron chi connectivity index (χ4n) is 1.89. The van der Waals surface area contributed by atoms with Crippen molar-refractivity contribution in [3.63, 3.8) is 0 Å². The predicted octanol–water partition coefficient (Wildman–Crippen LogP) is -0.263. The zero-order valence-corrected chi connectivity index (χ0v) is 13.8. The van der Waals surface area contributed by atoms with Crippen LogP contribution < -0.4 is 29.6 Å². The van der Waals surface area contributed by atoms with E-state index in [-0.39, 0.29) is 35.9 Å². The Balaban J connectivity index is 0. The first-order valence-electron chi connectivity index (χ1n) is 5.56. The minimum absolute atomic E-state index is 0. The molecule has 0 fully saturated rings. The summed E-state index contributed by atoms with van der Waals surface area (Å²) in [7, 11) is -4.11. The van der Waals surface area contributed by atoms with E-state index in [1.165, 1.54) is 0 Å². The molecule has 1 N–H and O–H groups in total. The summed E-state index contributed by atoms with van der Waals surface area (Å²) in [5.74, 6) is 0. The Bertz CT molecular complexity index is 461. The summed E-state index contributed by atoms with van der Waals surface area (Å²) in [6.45, 7) is 5.81. The summed E-state index contributed by atoms with van der Waals surface area (Å²) in [5.41, 5.74) is 2.53. The molecule has 0 saturated heterocycles. The van der Waals surface area contributed by atoms with Crippen molar-refractivity contribution < 1.29 is 44.0 Å². The summed E-state index contributed by atoms with van der Waals surface area (Å²) >= 11 is 0. The molecule has 1 aromatic rings. The van der Waals surface area contributed by atoms with E-state index in [1.807, 2.05) is 32.9 Å². The van der Waals surface area contributed by atoms with Crippen molar-refractivity contribution >= 4 is 10.1 Å². The molecule has 5 heteroatoms. The molecule has 92 valence electrons. The molecule has 0 atom stereocenters. The molecular formula is C12H19NaO3S. The van der Waals surface area contributed by atoms with Gasteiger partial charge in [-0.15, -0.1) is 0 Å². The van der Waals surface area contributed by atoms with Crippen LogP contribution in [0, 0.1) is 0 Å². The Kier molecular flexibility index (Phi) is 6.95. The van der Waals surface area contributed by atoms with E-state index < -0.39 is 10.1 Å². The van der Waals surface area contributed by atoms with Crippen molar-refractivity contribution in [2.75, 3.05) is 0 Å². The van der Waals surface area contributed by atoms with Gasteiger partial charge in [-0.3, -0.25) is 4.55 Å². The number of rotatable bonds is 4. The van der Waals surface area contributed by atoms with Crippen LogP contribution in [0.3, 0.4) is 0 Å². The maximum atomic E-state index is 11.3. The Morgan fingerprint density at radius 3 is 1.71 bits per heavy atom. The maximum absolute atomic E-state index is 11.3. The van der Waals surface area contributed by atoms with Crippen LogP contribution in [0.25, 0.3) is 0 Å². The fraction of sp³-hybridized carbons (Fsp3) is 0.500. The third kappa shape index (κ3) is 4.07. The topological polar surface area (TPSA) is 54.4 Å². The Hall–Kier alpha value is 0.130. The first-order chi connectivity index (χ1) is 7.43. The fourth-order valence-corrected chi connectivity index (χ4v) is 2.96. The normalized spacial score (nSPS) is 11.1. The molecule has 0 unspecified atom stereocenters. The van der Waals surface area contributed by atoms with Gasteiger partial charge in [0.2, 0.25) is 0 Å².